The van der Waals surface area contributed by atoms with Crippen LogP contribution in [0.2, 0.25) is 0 Å². The fourth-order valence-corrected chi connectivity index (χ4v) is 2.26. The first kappa shape index (κ1) is 28.6. The van der Waals surface area contributed by atoms with Crippen LogP contribution in [-0.2, 0) is 42.7 Å². The maximum Gasteiger partial charge on any atom is 0.509 e. The fourth-order valence-electron chi connectivity index (χ4n) is 2.26. The van der Waals surface area contributed by atoms with Gasteiger partial charge in [-0.2, -0.15) is 0 Å². The molecule has 0 spiro atoms. The number of hydrogen-bond acceptors (Lipinski definition) is 11. The van der Waals surface area contributed by atoms with Crippen molar-refractivity contribution in [3.8, 4) is 0 Å². The van der Waals surface area contributed by atoms with Gasteiger partial charge < -0.3 is 33.2 Å². The summed E-state index contributed by atoms with van der Waals surface area (Å²) in [5, 5.41) is 0. The second-order valence-corrected chi connectivity index (χ2v) is 7.91. The summed E-state index contributed by atoms with van der Waals surface area (Å²) < 4.78 is 34.8. The molecule has 0 rings (SSSR count). The molecule has 1 unspecified atom stereocenters. The molecule has 0 aliphatic carbocycles. The molecule has 11 nitrogen and oxygen atoms in total. The molecule has 0 saturated heterocycles. The molecule has 0 fully saturated rings. The Morgan fingerprint density at radius 3 is 1.71 bits per heavy atom. The van der Waals surface area contributed by atoms with Crippen LogP contribution in [0.3, 0.4) is 0 Å². The lowest BCUT2D eigenvalue weighted by Crippen LogP contribution is -2.44. The van der Waals surface area contributed by atoms with Gasteiger partial charge in [0.05, 0.1) is 32.8 Å². The van der Waals surface area contributed by atoms with Gasteiger partial charge in [0.25, 0.3) is 0 Å². The molecule has 0 aromatic carbocycles. The molecule has 0 N–H and O–H groups in total. The van der Waals surface area contributed by atoms with E-state index >= 15 is 0 Å². The third-order valence-electron chi connectivity index (χ3n) is 4.52. The zero-order valence-electron chi connectivity index (χ0n) is 19.5. The maximum absolute atomic E-state index is 12.4. The highest BCUT2D eigenvalue weighted by molar-refractivity contribution is 5.89. The van der Waals surface area contributed by atoms with Gasteiger partial charge >= 0.3 is 18.3 Å². The van der Waals surface area contributed by atoms with Crippen LogP contribution in [0.15, 0.2) is 0 Å². The molecule has 0 aromatic heterocycles. The highest BCUT2D eigenvalue weighted by Crippen LogP contribution is 2.26. The van der Waals surface area contributed by atoms with Crippen molar-refractivity contribution in [3.63, 3.8) is 0 Å². The summed E-state index contributed by atoms with van der Waals surface area (Å²) in [6.07, 6.45) is -1.51. The van der Waals surface area contributed by atoms with Gasteiger partial charge in [-0.05, 0) is 34.1 Å². The predicted octanol–water partition coefficient (Wildman–Crippen LogP) is 2.28. The lowest BCUT2D eigenvalue weighted by Gasteiger charge is -2.33. The van der Waals surface area contributed by atoms with E-state index in [-0.39, 0.29) is 26.4 Å². The average Bonchev–Trinajstić information content (AvgIpc) is 2.70. The minimum absolute atomic E-state index is 0.0168. The van der Waals surface area contributed by atoms with Crippen molar-refractivity contribution in [2.75, 3.05) is 47.8 Å². The Hall–Kier alpha value is -2.40. The minimum Gasteiger partial charge on any atom is -0.462 e. The third-order valence-corrected chi connectivity index (χ3v) is 4.52. The van der Waals surface area contributed by atoms with E-state index in [0.29, 0.717) is 6.42 Å². The number of carbonyl (C=O) groups is 4. The van der Waals surface area contributed by atoms with Crippen LogP contribution >= 0.6 is 0 Å². The van der Waals surface area contributed by atoms with E-state index in [4.69, 9.17) is 23.7 Å². The van der Waals surface area contributed by atoms with Crippen molar-refractivity contribution >= 4 is 24.1 Å². The summed E-state index contributed by atoms with van der Waals surface area (Å²) in [6.45, 7) is 7.16. The van der Waals surface area contributed by atoms with Gasteiger partial charge in [-0.1, -0.05) is 6.92 Å². The standard InChI is InChI=1S/C20H34O11/c1-9-20(11-25-6,13-29-15(22)19(4,5)31-17(24)27-8)12-28-10-14(21)18(2,3)30-16(23)26-7/h9-13H2,1-8H3. The van der Waals surface area contributed by atoms with E-state index in [0.717, 1.165) is 14.2 Å². The second-order valence-electron chi connectivity index (χ2n) is 7.91. The van der Waals surface area contributed by atoms with E-state index in [1.54, 1.807) is 0 Å². The van der Waals surface area contributed by atoms with Gasteiger partial charge in [-0.15, -0.1) is 0 Å². The van der Waals surface area contributed by atoms with Crippen molar-refractivity contribution in [2.24, 2.45) is 5.41 Å². The molecule has 0 amide bonds. The summed E-state index contributed by atoms with van der Waals surface area (Å²) in [5.74, 6) is -1.26. The predicted molar refractivity (Wildman–Crippen MR) is 107 cm³/mol. The largest absolute Gasteiger partial charge is 0.509 e. The summed E-state index contributed by atoms with van der Waals surface area (Å²) in [7, 11) is 3.74. The topological polar surface area (TPSA) is 133 Å². The number of methoxy groups -OCH3 is 3. The molecule has 0 heterocycles. The molecule has 0 bridgehead atoms. The lowest BCUT2D eigenvalue weighted by atomic mass is 9.88. The molecule has 0 aliphatic rings. The molecular weight excluding hydrogens is 416 g/mol. The van der Waals surface area contributed by atoms with E-state index in [1.165, 1.54) is 34.8 Å². The number of Topliss-reactive ketones (excluding diaryl/α,β-unsaturated/α-hetero) is 1. The molecule has 0 aromatic rings. The van der Waals surface area contributed by atoms with Gasteiger partial charge in [0, 0.05) is 7.11 Å². The molecule has 0 aliphatic heterocycles. The molecular formula is C20H34O11. The molecule has 0 radical (unpaired) electrons. The van der Waals surface area contributed by atoms with Gasteiger partial charge in [0.15, 0.2) is 5.60 Å². The van der Waals surface area contributed by atoms with Crippen LogP contribution < -0.4 is 0 Å². The number of esters is 1. The second kappa shape index (κ2) is 12.5. The maximum atomic E-state index is 12.4. The van der Waals surface area contributed by atoms with Crippen LogP contribution in [0.1, 0.15) is 41.0 Å². The van der Waals surface area contributed by atoms with Gasteiger partial charge in [-0.25, -0.2) is 14.4 Å². The van der Waals surface area contributed by atoms with Gasteiger partial charge in [0.2, 0.25) is 11.4 Å². The molecule has 180 valence electrons. The quantitative estimate of drug-likeness (QED) is 0.302. The SMILES string of the molecule is CCC(COC)(COCC(=O)C(C)(C)OC(=O)OC)COC(=O)C(C)(C)OC(=O)OC. The summed E-state index contributed by atoms with van der Waals surface area (Å²) in [5.41, 5.74) is -3.77. The van der Waals surface area contributed by atoms with E-state index < -0.39 is 40.7 Å². The van der Waals surface area contributed by atoms with Crippen molar-refractivity contribution in [1.82, 2.24) is 0 Å². The fraction of sp³-hybridized carbons (Fsp3) is 0.800. The van der Waals surface area contributed by atoms with Crippen LogP contribution in [0.25, 0.3) is 0 Å². The Kier molecular flexibility index (Phi) is 11.5. The number of ether oxygens (including phenoxy) is 7. The average molecular weight is 450 g/mol. The highest BCUT2D eigenvalue weighted by Gasteiger charge is 2.38. The van der Waals surface area contributed by atoms with Crippen molar-refractivity contribution in [2.45, 2.75) is 52.2 Å². The number of ketones is 1. The van der Waals surface area contributed by atoms with Crippen LogP contribution in [0.4, 0.5) is 9.59 Å². The Bertz CT molecular complexity index is 627. The third kappa shape index (κ3) is 9.52. The zero-order chi connectivity index (χ0) is 24.3. The van der Waals surface area contributed by atoms with E-state index in [9.17, 15) is 19.2 Å². The van der Waals surface area contributed by atoms with Crippen LogP contribution in [0.5, 0.6) is 0 Å². The van der Waals surface area contributed by atoms with Crippen molar-refractivity contribution in [3.05, 3.63) is 0 Å². The zero-order valence-corrected chi connectivity index (χ0v) is 19.5. The summed E-state index contributed by atoms with van der Waals surface area (Å²) in [4.78, 5) is 47.3. The van der Waals surface area contributed by atoms with Crippen LogP contribution in [0, 0.1) is 5.41 Å². The van der Waals surface area contributed by atoms with Gasteiger partial charge in [-0.3, -0.25) is 4.79 Å². The molecule has 31 heavy (non-hydrogen) atoms. The van der Waals surface area contributed by atoms with Crippen molar-refractivity contribution < 1.29 is 52.3 Å². The number of hydrogen-bond donors (Lipinski definition) is 0. The first-order valence-electron chi connectivity index (χ1n) is 9.60. The normalized spacial score (nSPS) is 13.5. The molecule has 11 heteroatoms. The first-order valence-corrected chi connectivity index (χ1v) is 9.60. The Morgan fingerprint density at radius 2 is 1.26 bits per heavy atom. The van der Waals surface area contributed by atoms with Crippen molar-refractivity contribution in [1.29, 1.82) is 0 Å². The van der Waals surface area contributed by atoms with E-state index in [2.05, 4.69) is 9.47 Å². The Morgan fingerprint density at radius 1 is 0.742 bits per heavy atom. The summed E-state index contributed by atoms with van der Waals surface area (Å²) >= 11 is 0. The Labute approximate surface area is 182 Å². The lowest BCUT2D eigenvalue weighted by molar-refractivity contribution is -0.171. The smallest absolute Gasteiger partial charge is 0.462 e. The number of carbonyl (C=O) groups excluding carboxylic acids is 4. The van der Waals surface area contributed by atoms with Gasteiger partial charge in [0.1, 0.15) is 13.2 Å². The summed E-state index contributed by atoms with van der Waals surface area (Å²) in [6, 6.07) is 0. The Balaban J connectivity index is 5.01. The minimum atomic E-state index is -1.56. The van der Waals surface area contributed by atoms with Crippen LogP contribution in [-0.4, -0.2) is 83.0 Å². The number of rotatable bonds is 13. The highest BCUT2D eigenvalue weighted by atomic mass is 16.7. The first-order chi connectivity index (χ1) is 14.3. The monoisotopic (exact) mass is 450 g/mol. The van der Waals surface area contributed by atoms with E-state index in [1.807, 2.05) is 6.92 Å². The molecule has 1 atom stereocenters. The molecule has 0 saturated carbocycles.